The lowest BCUT2D eigenvalue weighted by atomic mass is 10.1. The van der Waals surface area contributed by atoms with Crippen LogP contribution in [-0.4, -0.2) is 37.1 Å². The van der Waals surface area contributed by atoms with E-state index in [1.165, 1.54) is 12.1 Å². The van der Waals surface area contributed by atoms with Gasteiger partial charge in [0.15, 0.2) is 11.5 Å². The number of fused-ring (bicyclic) bond motifs is 1. The van der Waals surface area contributed by atoms with E-state index in [0.717, 1.165) is 18.0 Å². The number of anilines is 1. The Hall–Kier alpha value is -4.55. The Morgan fingerprint density at radius 3 is 2.40 bits per heavy atom. The molecule has 0 fully saturated rings. The predicted octanol–water partition coefficient (Wildman–Crippen LogP) is 3.75. The van der Waals surface area contributed by atoms with Crippen molar-refractivity contribution in [2.24, 2.45) is 0 Å². The summed E-state index contributed by atoms with van der Waals surface area (Å²) in [6.07, 6.45) is -3.72. The fourth-order valence-corrected chi connectivity index (χ4v) is 3.25. The molecule has 0 aliphatic rings. The number of carboxylic acid groups (broad SMARTS) is 1. The highest BCUT2D eigenvalue weighted by molar-refractivity contribution is 6.04. The summed E-state index contributed by atoms with van der Waals surface area (Å²) < 4.78 is 52.2. The molecule has 0 saturated heterocycles. The first-order valence-corrected chi connectivity index (χ1v) is 10.0. The molecule has 2 heterocycles. The number of rotatable bonds is 7. The average Bonchev–Trinajstić information content (AvgIpc) is 3.24. The normalized spacial score (nSPS) is 11.4. The van der Waals surface area contributed by atoms with Crippen molar-refractivity contribution >= 4 is 28.7 Å². The molecule has 35 heavy (non-hydrogen) atoms. The Morgan fingerprint density at radius 2 is 1.71 bits per heavy atom. The maximum Gasteiger partial charge on any atom is 0.419 e. The van der Waals surface area contributed by atoms with Crippen LogP contribution in [0.4, 0.5) is 23.4 Å². The van der Waals surface area contributed by atoms with Gasteiger partial charge < -0.3 is 15.7 Å². The van der Waals surface area contributed by atoms with E-state index in [-0.39, 0.29) is 35.4 Å². The van der Waals surface area contributed by atoms with Crippen molar-refractivity contribution < 1.29 is 32.3 Å². The first kappa shape index (κ1) is 23.6. The molecule has 9 nitrogen and oxygen atoms in total. The molecule has 0 radical (unpaired) electrons. The maximum absolute atomic E-state index is 13.5. The Kier molecular flexibility index (Phi) is 6.32. The zero-order valence-corrected chi connectivity index (χ0v) is 17.7. The molecule has 2 aromatic carbocycles. The van der Waals surface area contributed by atoms with Gasteiger partial charge in [0.2, 0.25) is 0 Å². The van der Waals surface area contributed by atoms with Gasteiger partial charge in [0.1, 0.15) is 23.2 Å². The van der Waals surface area contributed by atoms with Crippen LogP contribution in [0.5, 0.6) is 0 Å². The fourth-order valence-electron chi connectivity index (χ4n) is 3.25. The third kappa shape index (κ3) is 5.18. The molecule has 0 saturated carbocycles. The van der Waals surface area contributed by atoms with Crippen LogP contribution in [0.1, 0.15) is 37.5 Å². The Morgan fingerprint density at radius 1 is 1.00 bits per heavy atom. The van der Waals surface area contributed by atoms with Crippen molar-refractivity contribution in [2.45, 2.75) is 19.3 Å². The second-order valence-electron chi connectivity index (χ2n) is 7.37. The molecule has 1 amide bonds. The minimum atomic E-state index is -4.86. The van der Waals surface area contributed by atoms with E-state index in [1.54, 1.807) is 12.1 Å². The monoisotopic (exact) mass is 488 g/mol. The molecule has 4 aromatic rings. The molecule has 2 aromatic heterocycles. The van der Waals surface area contributed by atoms with Crippen LogP contribution < -0.4 is 10.6 Å². The third-order valence-electron chi connectivity index (χ3n) is 5.02. The molecular weight excluding hydrogens is 472 g/mol. The minimum absolute atomic E-state index is 0.0539. The lowest BCUT2D eigenvalue weighted by molar-refractivity contribution is -0.140. The number of carbonyl (C=O) groups excluding carboxylic acids is 1. The van der Waals surface area contributed by atoms with Gasteiger partial charge in [0.25, 0.3) is 5.91 Å². The Labute approximate surface area is 194 Å². The number of carbonyl (C=O) groups is 2. The van der Waals surface area contributed by atoms with Crippen LogP contribution in [-0.2, 0) is 19.3 Å². The second-order valence-corrected chi connectivity index (χ2v) is 7.37. The maximum atomic E-state index is 13.5. The van der Waals surface area contributed by atoms with Crippen LogP contribution >= 0.6 is 0 Å². The number of benzene rings is 2. The smallest absolute Gasteiger partial charge is 0.419 e. The number of halogens is 4. The lowest BCUT2D eigenvalue weighted by Crippen LogP contribution is -2.24. The molecule has 180 valence electrons. The molecule has 13 heteroatoms. The van der Waals surface area contributed by atoms with Gasteiger partial charge in [-0.05, 0) is 35.4 Å². The number of hydrogen-bond donors (Lipinski definition) is 4. The Balaban J connectivity index is 1.47. The first-order valence-electron chi connectivity index (χ1n) is 10.0. The molecule has 0 bridgehead atoms. The van der Waals surface area contributed by atoms with Gasteiger partial charge in [-0.25, -0.2) is 19.2 Å². The highest BCUT2D eigenvalue weighted by atomic mass is 19.4. The van der Waals surface area contributed by atoms with Crippen molar-refractivity contribution in [3.05, 3.63) is 82.6 Å². The van der Waals surface area contributed by atoms with E-state index in [1.807, 2.05) is 0 Å². The number of hydrogen-bond acceptors (Lipinski definition) is 6. The molecule has 0 spiro atoms. The number of H-pyrrole nitrogens is 1. The molecule has 4 rings (SSSR count). The van der Waals surface area contributed by atoms with Crippen molar-refractivity contribution in [1.29, 1.82) is 0 Å². The molecule has 4 N–H and O–H groups in total. The number of alkyl halides is 3. The second kappa shape index (κ2) is 9.37. The van der Waals surface area contributed by atoms with Crippen LogP contribution in [0.25, 0.3) is 11.0 Å². The van der Waals surface area contributed by atoms with Gasteiger partial charge in [-0.3, -0.25) is 9.89 Å². The van der Waals surface area contributed by atoms with Crippen LogP contribution in [0, 0.1) is 5.82 Å². The molecular formula is C22H16F4N6O3. The summed E-state index contributed by atoms with van der Waals surface area (Å²) in [5, 5.41) is 21.2. The highest BCUT2D eigenvalue weighted by Crippen LogP contribution is 2.32. The summed E-state index contributed by atoms with van der Waals surface area (Å²) in [4.78, 5) is 31.6. The topological polar surface area (TPSA) is 133 Å². The highest BCUT2D eigenvalue weighted by Gasteiger charge is 2.34. The molecule has 0 unspecified atom stereocenters. The van der Waals surface area contributed by atoms with Crippen LogP contribution in [0.3, 0.4) is 0 Å². The van der Waals surface area contributed by atoms with Gasteiger partial charge in [0, 0.05) is 13.1 Å². The zero-order chi connectivity index (χ0) is 25.2. The number of aromatic amines is 1. The molecule has 0 aliphatic heterocycles. The van der Waals surface area contributed by atoms with E-state index in [4.69, 9.17) is 5.11 Å². The summed E-state index contributed by atoms with van der Waals surface area (Å²) in [6, 6.07) is 8.66. The first-order chi connectivity index (χ1) is 16.6. The van der Waals surface area contributed by atoms with Crippen LogP contribution in [0.15, 0.2) is 48.8 Å². The van der Waals surface area contributed by atoms with Crippen molar-refractivity contribution in [1.82, 2.24) is 25.5 Å². The minimum Gasteiger partial charge on any atom is -0.478 e. The van der Waals surface area contributed by atoms with Crippen LogP contribution in [0.2, 0.25) is 0 Å². The van der Waals surface area contributed by atoms with Gasteiger partial charge >= 0.3 is 12.1 Å². The molecule has 0 aliphatic carbocycles. The number of carboxylic acids is 1. The summed E-state index contributed by atoms with van der Waals surface area (Å²) >= 11 is 0. The standard InChI is InChI=1S/C22H16F4N6O3/c23-15-6-3-12(7-14(15)22(24,25)26)9-28-20(33)18-16-17(29-10-30-18)19(32-31-16)27-8-11-1-4-13(5-2-11)21(34)35/h1-7,10H,8-9H2,(H,28,33)(H,34,35)(H2,27,31,32). The number of aromatic carboxylic acids is 1. The largest absolute Gasteiger partial charge is 0.478 e. The quantitative estimate of drug-likeness (QED) is 0.291. The van der Waals surface area contributed by atoms with Crippen molar-refractivity contribution in [2.75, 3.05) is 5.32 Å². The SMILES string of the molecule is O=C(O)c1ccc(CNc2n[nH]c3c(C(=O)NCc4ccc(F)c(C(F)(F)F)c4)ncnc23)cc1. The zero-order valence-electron chi connectivity index (χ0n) is 17.7. The van der Waals surface area contributed by atoms with E-state index >= 15 is 0 Å². The number of aromatic nitrogens is 4. The predicted molar refractivity (Wildman–Crippen MR) is 115 cm³/mol. The number of amides is 1. The van der Waals surface area contributed by atoms with Crippen molar-refractivity contribution in [3.63, 3.8) is 0 Å². The summed E-state index contributed by atoms with van der Waals surface area (Å²) in [6.45, 7) is -0.00321. The van der Waals surface area contributed by atoms with Gasteiger partial charge in [0.05, 0.1) is 11.1 Å². The average molecular weight is 488 g/mol. The third-order valence-corrected chi connectivity index (χ3v) is 5.02. The van der Waals surface area contributed by atoms with E-state index < -0.39 is 29.4 Å². The lowest BCUT2D eigenvalue weighted by Gasteiger charge is -2.11. The van der Waals surface area contributed by atoms with E-state index in [0.29, 0.717) is 23.5 Å². The van der Waals surface area contributed by atoms with E-state index in [9.17, 15) is 27.2 Å². The van der Waals surface area contributed by atoms with Crippen molar-refractivity contribution in [3.8, 4) is 0 Å². The molecule has 0 atom stereocenters. The summed E-state index contributed by atoms with van der Waals surface area (Å²) in [7, 11) is 0. The Bertz CT molecular complexity index is 1400. The van der Waals surface area contributed by atoms with E-state index in [2.05, 4.69) is 30.8 Å². The van der Waals surface area contributed by atoms with Gasteiger partial charge in [-0.1, -0.05) is 18.2 Å². The fraction of sp³-hybridized carbons (Fsp3) is 0.136. The number of nitrogens with zero attached hydrogens (tertiary/aromatic N) is 3. The van der Waals surface area contributed by atoms with Gasteiger partial charge in [-0.2, -0.15) is 18.3 Å². The summed E-state index contributed by atoms with van der Waals surface area (Å²) in [5.41, 5.74) is -0.0288. The van der Waals surface area contributed by atoms with Gasteiger partial charge in [-0.15, -0.1) is 0 Å². The number of nitrogens with one attached hydrogen (secondary N) is 3. The summed E-state index contributed by atoms with van der Waals surface area (Å²) in [5.74, 6) is -2.83.